The summed E-state index contributed by atoms with van der Waals surface area (Å²) in [5.74, 6) is 2.36. The number of hydrogen-bond donors (Lipinski definition) is 1. The third kappa shape index (κ3) is 4.23. The molecule has 0 radical (unpaired) electrons. The van der Waals surface area contributed by atoms with Crippen molar-refractivity contribution < 1.29 is 13.7 Å². The zero-order valence-electron chi connectivity index (χ0n) is 14.0. The number of aryl methyl sites for hydroxylation is 1. The standard InChI is InChI=1S/C17H24N4O3/c1-18-9-6-13-7-10-21(11-8-13)16(22)5-4-15-19-17(20-24-15)14-3-2-12-23-14/h2-3,12-13,18H,4-11H2,1H3. The lowest BCUT2D eigenvalue weighted by atomic mass is 9.93. The van der Waals surface area contributed by atoms with Gasteiger partial charge in [0.15, 0.2) is 5.76 Å². The zero-order chi connectivity index (χ0) is 16.8. The van der Waals surface area contributed by atoms with Crippen LogP contribution in [0.4, 0.5) is 0 Å². The maximum Gasteiger partial charge on any atom is 0.238 e. The summed E-state index contributed by atoms with van der Waals surface area (Å²) in [6.45, 7) is 2.76. The molecule has 0 atom stereocenters. The van der Waals surface area contributed by atoms with Crippen LogP contribution < -0.4 is 5.32 Å². The highest BCUT2D eigenvalue weighted by molar-refractivity contribution is 5.76. The molecule has 1 aliphatic heterocycles. The van der Waals surface area contributed by atoms with Crippen LogP contribution in [0.15, 0.2) is 27.3 Å². The monoisotopic (exact) mass is 332 g/mol. The largest absolute Gasteiger partial charge is 0.461 e. The fraction of sp³-hybridized carbons (Fsp3) is 0.588. The van der Waals surface area contributed by atoms with E-state index in [9.17, 15) is 4.79 Å². The first-order valence-electron chi connectivity index (χ1n) is 8.55. The van der Waals surface area contributed by atoms with Crippen LogP contribution in [0.1, 0.15) is 31.6 Å². The average Bonchev–Trinajstić information content (AvgIpc) is 3.29. The molecule has 3 rings (SSSR count). The molecule has 1 fully saturated rings. The summed E-state index contributed by atoms with van der Waals surface area (Å²) in [5.41, 5.74) is 0. The van der Waals surface area contributed by atoms with Crippen molar-refractivity contribution >= 4 is 5.91 Å². The summed E-state index contributed by atoms with van der Waals surface area (Å²) in [6, 6.07) is 3.55. The second-order valence-electron chi connectivity index (χ2n) is 6.21. The van der Waals surface area contributed by atoms with Gasteiger partial charge in [0.25, 0.3) is 0 Å². The number of furan rings is 1. The minimum Gasteiger partial charge on any atom is -0.461 e. The molecule has 0 saturated carbocycles. The van der Waals surface area contributed by atoms with E-state index in [1.54, 1.807) is 18.4 Å². The van der Waals surface area contributed by atoms with Crippen molar-refractivity contribution in [3.63, 3.8) is 0 Å². The molecule has 1 saturated heterocycles. The summed E-state index contributed by atoms with van der Waals surface area (Å²) in [6.07, 6.45) is 5.81. The van der Waals surface area contributed by atoms with E-state index in [0.717, 1.165) is 38.4 Å². The Morgan fingerprint density at radius 3 is 2.96 bits per heavy atom. The fourth-order valence-electron chi connectivity index (χ4n) is 3.05. The zero-order valence-corrected chi connectivity index (χ0v) is 14.0. The number of amides is 1. The van der Waals surface area contributed by atoms with E-state index in [0.29, 0.717) is 30.3 Å². The van der Waals surface area contributed by atoms with Gasteiger partial charge in [-0.1, -0.05) is 5.16 Å². The van der Waals surface area contributed by atoms with Crippen LogP contribution in [-0.4, -0.2) is 47.6 Å². The summed E-state index contributed by atoms with van der Waals surface area (Å²) in [5, 5.41) is 7.07. The van der Waals surface area contributed by atoms with E-state index in [1.165, 1.54) is 6.42 Å². The van der Waals surface area contributed by atoms with Gasteiger partial charge in [-0.15, -0.1) is 0 Å². The van der Waals surface area contributed by atoms with Crippen LogP contribution in [0.2, 0.25) is 0 Å². The van der Waals surface area contributed by atoms with Crippen molar-refractivity contribution in [3.8, 4) is 11.6 Å². The number of aromatic nitrogens is 2. The van der Waals surface area contributed by atoms with Crippen molar-refractivity contribution in [3.05, 3.63) is 24.3 Å². The highest BCUT2D eigenvalue weighted by Gasteiger charge is 2.22. The second kappa shape index (κ2) is 8.10. The summed E-state index contributed by atoms with van der Waals surface area (Å²) >= 11 is 0. The second-order valence-corrected chi connectivity index (χ2v) is 6.21. The molecule has 2 aromatic rings. The van der Waals surface area contributed by atoms with E-state index in [4.69, 9.17) is 8.94 Å². The lowest BCUT2D eigenvalue weighted by Gasteiger charge is -2.32. The van der Waals surface area contributed by atoms with Gasteiger partial charge in [0.05, 0.1) is 6.26 Å². The number of hydrogen-bond acceptors (Lipinski definition) is 6. The molecule has 3 heterocycles. The molecule has 7 heteroatoms. The molecule has 1 N–H and O–H groups in total. The van der Waals surface area contributed by atoms with Gasteiger partial charge in [0.1, 0.15) is 0 Å². The predicted molar refractivity (Wildman–Crippen MR) is 88.2 cm³/mol. The number of likely N-dealkylation sites (tertiary alicyclic amines) is 1. The normalized spacial score (nSPS) is 15.8. The fourth-order valence-corrected chi connectivity index (χ4v) is 3.05. The maximum absolute atomic E-state index is 12.3. The number of carbonyl (C=O) groups is 1. The van der Waals surface area contributed by atoms with Gasteiger partial charge in [-0.25, -0.2) is 0 Å². The van der Waals surface area contributed by atoms with Crippen molar-refractivity contribution in [2.45, 2.75) is 32.1 Å². The minimum absolute atomic E-state index is 0.166. The number of rotatable bonds is 7. The molecular formula is C17H24N4O3. The molecule has 7 nitrogen and oxygen atoms in total. The Bertz CT molecular complexity index is 630. The van der Waals surface area contributed by atoms with E-state index in [1.807, 2.05) is 11.9 Å². The van der Waals surface area contributed by atoms with Crippen LogP contribution in [0.3, 0.4) is 0 Å². The molecule has 0 spiro atoms. The smallest absolute Gasteiger partial charge is 0.238 e. The topological polar surface area (TPSA) is 84.4 Å². The number of carbonyl (C=O) groups excluding carboxylic acids is 1. The minimum atomic E-state index is 0.166. The van der Waals surface area contributed by atoms with Gasteiger partial charge < -0.3 is 19.2 Å². The van der Waals surface area contributed by atoms with Crippen LogP contribution >= 0.6 is 0 Å². The average molecular weight is 332 g/mol. The maximum atomic E-state index is 12.3. The van der Waals surface area contributed by atoms with E-state index >= 15 is 0 Å². The predicted octanol–water partition coefficient (Wildman–Crippen LogP) is 2.11. The number of nitrogens with zero attached hydrogens (tertiary/aromatic N) is 3. The Labute approximate surface area is 141 Å². The van der Waals surface area contributed by atoms with Crippen LogP contribution in [0.25, 0.3) is 11.6 Å². The van der Waals surface area contributed by atoms with Crippen LogP contribution in [0, 0.1) is 5.92 Å². The van der Waals surface area contributed by atoms with Crippen LogP contribution in [0.5, 0.6) is 0 Å². The Balaban J connectivity index is 1.43. The number of piperidine rings is 1. The van der Waals surface area contributed by atoms with Gasteiger partial charge in [-0.2, -0.15) is 4.98 Å². The highest BCUT2D eigenvalue weighted by atomic mass is 16.5. The van der Waals surface area contributed by atoms with Crippen molar-refractivity contribution in [2.75, 3.05) is 26.7 Å². The van der Waals surface area contributed by atoms with E-state index in [-0.39, 0.29) is 5.91 Å². The van der Waals surface area contributed by atoms with Crippen molar-refractivity contribution in [1.29, 1.82) is 0 Å². The van der Waals surface area contributed by atoms with Gasteiger partial charge in [0.2, 0.25) is 17.6 Å². The summed E-state index contributed by atoms with van der Waals surface area (Å²) < 4.78 is 10.4. The molecule has 24 heavy (non-hydrogen) atoms. The van der Waals surface area contributed by atoms with Crippen molar-refractivity contribution in [2.24, 2.45) is 5.92 Å². The van der Waals surface area contributed by atoms with E-state index < -0.39 is 0 Å². The first-order valence-corrected chi connectivity index (χ1v) is 8.55. The molecule has 130 valence electrons. The molecule has 1 amide bonds. The first-order chi connectivity index (χ1) is 11.8. The molecular weight excluding hydrogens is 308 g/mol. The molecule has 0 unspecified atom stereocenters. The first kappa shape index (κ1) is 16.7. The number of nitrogens with one attached hydrogen (secondary N) is 1. The Hall–Kier alpha value is -2.15. The highest BCUT2D eigenvalue weighted by Crippen LogP contribution is 2.21. The van der Waals surface area contributed by atoms with E-state index in [2.05, 4.69) is 15.5 Å². The summed E-state index contributed by atoms with van der Waals surface area (Å²) in [7, 11) is 1.98. The van der Waals surface area contributed by atoms with Crippen LogP contribution in [-0.2, 0) is 11.2 Å². The lowest BCUT2D eigenvalue weighted by molar-refractivity contribution is -0.132. The SMILES string of the molecule is CNCCC1CCN(C(=O)CCc2nc(-c3ccco3)no2)CC1. The quantitative estimate of drug-likeness (QED) is 0.836. The summed E-state index contributed by atoms with van der Waals surface area (Å²) in [4.78, 5) is 18.6. The Kier molecular flexibility index (Phi) is 5.63. The van der Waals surface area contributed by atoms with Gasteiger partial charge in [0, 0.05) is 25.9 Å². The Morgan fingerprint density at radius 1 is 1.42 bits per heavy atom. The van der Waals surface area contributed by atoms with Gasteiger partial charge in [-0.3, -0.25) is 4.79 Å². The lowest BCUT2D eigenvalue weighted by Crippen LogP contribution is -2.39. The molecule has 2 aromatic heterocycles. The molecule has 0 aromatic carbocycles. The third-order valence-electron chi connectivity index (χ3n) is 4.53. The third-order valence-corrected chi connectivity index (χ3v) is 4.53. The van der Waals surface area contributed by atoms with Gasteiger partial charge in [-0.05, 0) is 50.9 Å². The molecule has 0 aliphatic carbocycles. The Morgan fingerprint density at radius 2 is 2.25 bits per heavy atom. The van der Waals surface area contributed by atoms with Gasteiger partial charge >= 0.3 is 0 Å². The molecule has 1 aliphatic rings. The molecule has 0 bridgehead atoms. The van der Waals surface area contributed by atoms with Crippen molar-refractivity contribution in [1.82, 2.24) is 20.4 Å².